The molecule has 0 bridgehead atoms. The van der Waals surface area contributed by atoms with Gasteiger partial charge in [0.2, 0.25) is 5.82 Å². The van der Waals surface area contributed by atoms with Gasteiger partial charge >= 0.3 is 5.69 Å². The van der Waals surface area contributed by atoms with Crippen LogP contribution in [0.25, 0.3) is 10.8 Å². The summed E-state index contributed by atoms with van der Waals surface area (Å²) >= 11 is 1.48. The highest BCUT2D eigenvalue weighted by Crippen LogP contribution is 2.27. The molecule has 8 heteroatoms. The van der Waals surface area contributed by atoms with Crippen LogP contribution in [0.15, 0.2) is 46.3 Å². The number of hydrogen-bond donors (Lipinski definition) is 0. The van der Waals surface area contributed by atoms with Gasteiger partial charge in [-0.1, -0.05) is 23.4 Å². The van der Waals surface area contributed by atoms with E-state index < -0.39 is 4.92 Å². The maximum atomic E-state index is 10.9. The molecular formula is C13H9N3O4S. The topological polar surface area (TPSA) is 91.3 Å². The number of para-hydroxylation sites is 2. The minimum Gasteiger partial charge on any atom is -0.478 e. The molecule has 0 amide bonds. The van der Waals surface area contributed by atoms with Crippen LogP contribution in [-0.4, -0.2) is 15.1 Å². The van der Waals surface area contributed by atoms with E-state index in [4.69, 9.17) is 9.26 Å². The second kappa shape index (κ2) is 5.71. The number of nitro groups is 1. The zero-order valence-electron chi connectivity index (χ0n) is 10.6. The predicted molar refractivity (Wildman–Crippen MR) is 75.0 cm³/mol. The highest BCUT2D eigenvalue weighted by molar-refractivity contribution is 7.13. The van der Waals surface area contributed by atoms with E-state index in [0.29, 0.717) is 11.7 Å². The van der Waals surface area contributed by atoms with Crippen LogP contribution < -0.4 is 4.74 Å². The van der Waals surface area contributed by atoms with Crippen LogP contribution >= 0.6 is 11.3 Å². The van der Waals surface area contributed by atoms with Crippen LogP contribution in [0.4, 0.5) is 5.69 Å². The van der Waals surface area contributed by atoms with E-state index in [9.17, 15) is 10.1 Å². The van der Waals surface area contributed by atoms with Crippen LogP contribution in [0.1, 0.15) is 5.82 Å². The Kier molecular flexibility index (Phi) is 3.61. The molecule has 3 rings (SSSR count). The molecule has 0 N–H and O–H groups in total. The van der Waals surface area contributed by atoms with Gasteiger partial charge in [-0.2, -0.15) is 4.98 Å². The lowest BCUT2D eigenvalue weighted by atomic mass is 10.3. The summed E-state index contributed by atoms with van der Waals surface area (Å²) in [6.45, 7) is -0.000269. The van der Waals surface area contributed by atoms with Gasteiger partial charge in [0.05, 0.1) is 9.80 Å². The van der Waals surface area contributed by atoms with Gasteiger partial charge < -0.3 is 9.26 Å². The van der Waals surface area contributed by atoms with Gasteiger partial charge in [0.1, 0.15) is 0 Å². The van der Waals surface area contributed by atoms with E-state index in [1.807, 2.05) is 17.5 Å². The number of hydrogen-bond acceptors (Lipinski definition) is 7. The molecule has 2 aromatic heterocycles. The van der Waals surface area contributed by atoms with E-state index in [1.54, 1.807) is 12.1 Å². The smallest absolute Gasteiger partial charge is 0.310 e. The van der Waals surface area contributed by atoms with Gasteiger partial charge in [-0.05, 0) is 17.5 Å². The summed E-state index contributed by atoms with van der Waals surface area (Å²) in [5.41, 5.74) is -0.0977. The first-order valence-electron chi connectivity index (χ1n) is 5.97. The Morgan fingerprint density at radius 1 is 1.29 bits per heavy atom. The molecule has 0 saturated carbocycles. The first-order valence-corrected chi connectivity index (χ1v) is 6.84. The lowest BCUT2D eigenvalue weighted by molar-refractivity contribution is -0.385. The quantitative estimate of drug-likeness (QED) is 0.530. The summed E-state index contributed by atoms with van der Waals surface area (Å²) < 4.78 is 10.5. The highest BCUT2D eigenvalue weighted by atomic mass is 32.1. The van der Waals surface area contributed by atoms with Crippen LogP contribution in [0.2, 0.25) is 0 Å². The number of aromatic nitrogens is 2. The van der Waals surface area contributed by atoms with Crippen molar-refractivity contribution in [2.24, 2.45) is 0 Å². The summed E-state index contributed by atoms with van der Waals surface area (Å²) in [5.74, 6) is 0.910. The molecule has 106 valence electrons. The standard InChI is InChI=1S/C13H9N3O4S/c17-16(18)9-4-1-2-5-10(9)19-8-12-14-13(20-15-12)11-6-3-7-21-11/h1-7H,8H2. The Labute approximate surface area is 123 Å². The fourth-order valence-electron chi connectivity index (χ4n) is 1.69. The Balaban J connectivity index is 1.73. The lowest BCUT2D eigenvalue weighted by Gasteiger charge is -2.03. The predicted octanol–water partition coefficient (Wildman–Crippen LogP) is 3.29. The van der Waals surface area contributed by atoms with Gasteiger partial charge in [0.25, 0.3) is 5.89 Å². The average Bonchev–Trinajstić information content (AvgIpc) is 3.16. The number of thiophene rings is 1. The monoisotopic (exact) mass is 303 g/mol. The second-order valence-electron chi connectivity index (χ2n) is 4.01. The Morgan fingerprint density at radius 2 is 2.14 bits per heavy atom. The molecule has 0 radical (unpaired) electrons. The van der Waals surface area contributed by atoms with Crippen LogP contribution in [0.3, 0.4) is 0 Å². The fraction of sp³-hybridized carbons (Fsp3) is 0.0769. The first-order chi connectivity index (χ1) is 10.2. The number of ether oxygens (including phenoxy) is 1. The van der Waals surface area contributed by atoms with Gasteiger partial charge in [0, 0.05) is 6.07 Å². The SMILES string of the molecule is O=[N+]([O-])c1ccccc1OCc1noc(-c2cccs2)n1. The Bertz CT molecular complexity index is 754. The van der Waals surface area contributed by atoms with Crippen molar-refractivity contribution in [3.8, 4) is 16.5 Å². The molecule has 3 aromatic rings. The number of nitro benzene ring substituents is 1. The molecular weight excluding hydrogens is 294 g/mol. The first kappa shape index (κ1) is 13.3. The van der Waals surface area contributed by atoms with Gasteiger partial charge in [0.15, 0.2) is 12.4 Å². The van der Waals surface area contributed by atoms with Crippen molar-refractivity contribution in [2.45, 2.75) is 6.61 Å². The normalized spacial score (nSPS) is 10.5. The molecule has 0 spiro atoms. The number of benzene rings is 1. The largest absolute Gasteiger partial charge is 0.478 e. The maximum absolute atomic E-state index is 10.9. The van der Waals surface area contributed by atoms with Gasteiger partial charge in [-0.25, -0.2) is 0 Å². The summed E-state index contributed by atoms with van der Waals surface area (Å²) in [6.07, 6.45) is 0. The third-order valence-electron chi connectivity index (χ3n) is 2.62. The lowest BCUT2D eigenvalue weighted by Crippen LogP contribution is -2.00. The average molecular weight is 303 g/mol. The van der Waals surface area contributed by atoms with Crippen LogP contribution in [0.5, 0.6) is 5.75 Å². The third-order valence-corrected chi connectivity index (χ3v) is 3.48. The molecule has 0 saturated heterocycles. The molecule has 0 unspecified atom stereocenters. The van der Waals surface area contributed by atoms with Gasteiger partial charge in [-0.3, -0.25) is 10.1 Å². The summed E-state index contributed by atoms with van der Waals surface area (Å²) in [4.78, 5) is 15.4. The minimum atomic E-state index is -0.497. The van der Waals surface area contributed by atoms with Crippen molar-refractivity contribution >= 4 is 17.0 Å². The Hall–Kier alpha value is -2.74. The van der Waals surface area contributed by atoms with E-state index >= 15 is 0 Å². The Morgan fingerprint density at radius 3 is 2.90 bits per heavy atom. The molecule has 0 aliphatic carbocycles. The molecule has 0 atom stereocenters. The summed E-state index contributed by atoms with van der Waals surface area (Å²) in [7, 11) is 0. The third kappa shape index (κ3) is 2.90. The zero-order chi connectivity index (χ0) is 14.7. The highest BCUT2D eigenvalue weighted by Gasteiger charge is 2.15. The maximum Gasteiger partial charge on any atom is 0.310 e. The number of nitrogens with zero attached hydrogens (tertiary/aromatic N) is 3. The molecule has 1 aromatic carbocycles. The zero-order valence-corrected chi connectivity index (χ0v) is 11.4. The van der Waals surface area contributed by atoms with Crippen molar-refractivity contribution in [2.75, 3.05) is 0 Å². The van der Waals surface area contributed by atoms with E-state index in [1.165, 1.54) is 23.5 Å². The molecule has 21 heavy (non-hydrogen) atoms. The van der Waals surface area contributed by atoms with Crippen molar-refractivity contribution in [3.05, 3.63) is 57.7 Å². The van der Waals surface area contributed by atoms with Crippen molar-refractivity contribution in [1.82, 2.24) is 10.1 Å². The molecule has 0 fully saturated rings. The summed E-state index contributed by atoms with van der Waals surface area (Å²) in [5, 5.41) is 16.6. The second-order valence-corrected chi connectivity index (χ2v) is 4.95. The van der Waals surface area contributed by atoms with E-state index in [-0.39, 0.29) is 18.0 Å². The van der Waals surface area contributed by atoms with Crippen molar-refractivity contribution in [1.29, 1.82) is 0 Å². The number of rotatable bonds is 5. The molecule has 7 nitrogen and oxygen atoms in total. The minimum absolute atomic E-state index is 0.000269. The van der Waals surface area contributed by atoms with Crippen LogP contribution in [0, 0.1) is 10.1 Å². The fourth-order valence-corrected chi connectivity index (χ4v) is 2.33. The van der Waals surface area contributed by atoms with Crippen molar-refractivity contribution in [3.63, 3.8) is 0 Å². The van der Waals surface area contributed by atoms with E-state index in [0.717, 1.165) is 4.88 Å². The van der Waals surface area contributed by atoms with Gasteiger partial charge in [-0.15, -0.1) is 11.3 Å². The molecule has 2 heterocycles. The van der Waals surface area contributed by atoms with Crippen LogP contribution in [-0.2, 0) is 6.61 Å². The molecule has 0 aliphatic heterocycles. The van der Waals surface area contributed by atoms with Crippen molar-refractivity contribution < 1.29 is 14.2 Å². The molecule has 0 aliphatic rings. The van der Waals surface area contributed by atoms with E-state index in [2.05, 4.69) is 10.1 Å². The summed E-state index contributed by atoms with van der Waals surface area (Å²) in [6, 6.07) is 9.89.